The Labute approximate surface area is 174 Å². The van der Waals surface area contributed by atoms with Crippen molar-refractivity contribution in [1.82, 2.24) is 5.32 Å². The van der Waals surface area contributed by atoms with Crippen LogP contribution in [0.2, 0.25) is 0 Å². The summed E-state index contributed by atoms with van der Waals surface area (Å²) in [5.41, 5.74) is 1.62. The Bertz CT molecular complexity index is 916. The number of urea groups is 1. The molecule has 158 valence electrons. The van der Waals surface area contributed by atoms with Crippen molar-refractivity contribution >= 4 is 34.9 Å². The van der Waals surface area contributed by atoms with Gasteiger partial charge in [-0.05, 0) is 36.4 Å². The molecule has 0 bridgehead atoms. The fourth-order valence-electron chi connectivity index (χ4n) is 3.07. The van der Waals surface area contributed by atoms with Gasteiger partial charge in [-0.15, -0.1) is 0 Å². The molecule has 0 saturated carbocycles. The molecule has 1 aliphatic heterocycles. The predicted molar refractivity (Wildman–Crippen MR) is 113 cm³/mol. The Kier molecular flexibility index (Phi) is 6.87. The zero-order valence-electron chi connectivity index (χ0n) is 16.9. The van der Waals surface area contributed by atoms with E-state index in [0.717, 1.165) is 0 Å². The molecular weight excluding hydrogens is 388 g/mol. The summed E-state index contributed by atoms with van der Waals surface area (Å²) in [5, 5.41) is 5.48. The van der Waals surface area contributed by atoms with E-state index in [4.69, 9.17) is 9.47 Å². The Hall–Kier alpha value is -3.59. The highest BCUT2D eigenvalue weighted by atomic mass is 16.5. The molecule has 1 aliphatic rings. The van der Waals surface area contributed by atoms with Crippen molar-refractivity contribution in [2.75, 3.05) is 55.6 Å². The number of ether oxygens (including phenoxy) is 2. The molecule has 0 atom stereocenters. The summed E-state index contributed by atoms with van der Waals surface area (Å²) in [6.07, 6.45) is 0. The van der Waals surface area contributed by atoms with E-state index < -0.39 is 6.03 Å². The van der Waals surface area contributed by atoms with Gasteiger partial charge in [-0.25, -0.2) is 4.79 Å². The Morgan fingerprint density at radius 1 is 1.03 bits per heavy atom. The van der Waals surface area contributed by atoms with Crippen molar-refractivity contribution in [3.8, 4) is 5.75 Å². The molecule has 0 spiro atoms. The summed E-state index contributed by atoms with van der Waals surface area (Å²) in [7, 11) is 3.11. The van der Waals surface area contributed by atoms with Gasteiger partial charge in [0.2, 0.25) is 11.8 Å². The number of carbonyl (C=O) groups excluding carboxylic acids is 3. The van der Waals surface area contributed by atoms with Crippen LogP contribution < -0.4 is 25.2 Å². The lowest BCUT2D eigenvalue weighted by Crippen LogP contribution is -2.52. The maximum absolute atomic E-state index is 12.9. The van der Waals surface area contributed by atoms with Gasteiger partial charge in [-0.2, -0.15) is 0 Å². The molecule has 9 heteroatoms. The van der Waals surface area contributed by atoms with E-state index in [0.29, 0.717) is 36.0 Å². The molecule has 2 aromatic rings. The lowest BCUT2D eigenvalue weighted by molar-refractivity contribution is -0.123. The minimum atomic E-state index is -0.440. The predicted octanol–water partition coefficient (Wildman–Crippen LogP) is 1.84. The number of carbonyl (C=O) groups is 3. The van der Waals surface area contributed by atoms with Gasteiger partial charge in [0.05, 0.1) is 25.1 Å². The minimum absolute atomic E-state index is 0.131. The molecule has 0 radical (unpaired) electrons. The van der Waals surface area contributed by atoms with Crippen molar-refractivity contribution in [2.45, 2.75) is 0 Å². The highest BCUT2D eigenvalue weighted by Crippen LogP contribution is 2.33. The van der Waals surface area contributed by atoms with Crippen LogP contribution in [0.4, 0.5) is 21.9 Å². The Morgan fingerprint density at radius 2 is 1.73 bits per heavy atom. The number of amides is 4. The number of nitrogens with one attached hydrogen (secondary N) is 2. The number of fused-ring (bicyclic) bond motifs is 1. The number of para-hydroxylation sites is 2. The highest BCUT2D eigenvalue weighted by Gasteiger charge is 2.33. The number of hydrogen-bond donors (Lipinski definition) is 2. The molecule has 0 aromatic heterocycles. The lowest BCUT2D eigenvalue weighted by Gasteiger charge is -2.35. The SMILES string of the molecule is COCCNC(=O)CN1C(=O)CN(C(=O)Nc2ccc(OC)cc2)c2ccccc21. The van der Waals surface area contributed by atoms with Crippen LogP contribution in [0, 0.1) is 0 Å². The second-order valence-corrected chi connectivity index (χ2v) is 6.56. The Balaban J connectivity index is 1.75. The average Bonchev–Trinajstić information content (AvgIpc) is 2.76. The van der Waals surface area contributed by atoms with Gasteiger partial charge in [0.25, 0.3) is 0 Å². The average molecular weight is 412 g/mol. The van der Waals surface area contributed by atoms with Crippen LogP contribution >= 0.6 is 0 Å². The lowest BCUT2D eigenvalue weighted by atomic mass is 10.1. The van der Waals surface area contributed by atoms with E-state index in [1.807, 2.05) is 0 Å². The van der Waals surface area contributed by atoms with Gasteiger partial charge in [0, 0.05) is 19.3 Å². The molecular formula is C21H24N4O5. The molecule has 1 heterocycles. The smallest absolute Gasteiger partial charge is 0.326 e. The van der Waals surface area contributed by atoms with Gasteiger partial charge in [0.1, 0.15) is 18.8 Å². The largest absolute Gasteiger partial charge is 0.497 e. The quantitative estimate of drug-likeness (QED) is 0.676. The number of anilines is 3. The van der Waals surface area contributed by atoms with Crippen LogP contribution in [0.25, 0.3) is 0 Å². The van der Waals surface area contributed by atoms with Crippen LogP contribution in [0.5, 0.6) is 5.75 Å². The second-order valence-electron chi connectivity index (χ2n) is 6.56. The third kappa shape index (κ3) is 4.87. The maximum Gasteiger partial charge on any atom is 0.326 e. The number of methoxy groups -OCH3 is 2. The van der Waals surface area contributed by atoms with Crippen LogP contribution in [-0.2, 0) is 14.3 Å². The van der Waals surface area contributed by atoms with Crippen LogP contribution in [0.1, 0.15) is 0 Å². The first-order valence-corrected chi connectivity index (χ1v) is 9.41. The molecule has 3 rings (SSSR count). The topological polar surface area (TPSA) is 100 Å². The highest BCUT2D eigenvalue weighted by molar-refractivity contribution is 6.15. The van der Waals surface area contributed by atoms with E-state index in [9.17, 15) is 14.4 Å². The van der Waals surface area contributed by atoms with Crippen molar-refractivity contribution in [3.63, 3.8) is 0 Å². The first kappa shape index (κ1) is 21.1. The molecule has 30 heavy (non-hydrogen) atoms. The molecule has 0 aliphatic carbocycles. The second kappa shape index (κ2) is 9.75. The maximum atomic E-state index is 12.9. The van der Waals surface area contributed by atoms with Crippen molar-refractivity contribution in [3.05, 3.63) is 48.5 Å². The third-order valence-corrected chi connectivity index (χ3v) is 4.57. The van der Waals surface area contributed by atoms with Gasteiger partial charge in [-0.3, -0.25) is 19.4 Å². The number of benzene rings is 2. The van der Waals surface area contributed by atoms with Crippen molar-refractivity contribution in [2.24, 2.45) is 0 Å². The van der Waals surface area contributed by atoms with Crippen LogP contribution in [-0.4, -0.2) is 58.3 Å². The molecule has 9 nitrogen and oxygen atoms in total. The van der Waals surface area contributed by atoms with Crippen LogP contribution in [0.15, 0.2) is 48.5 Å². The fraction of sp³-hybridized carbons (Fsp3) is 0.286. The molecule has 2 N–H and O–H groups in total. The summed E-state index contributed by atoms with van der Waals surface area (Å²) >= 11 is 0. The normalized spacial score (nSPS) is 12.9. The van der Waals surface area contributed by atoms with Crippen molar-refractivity contribution < 1.29 is 23.9 Å². The van der Waals surface area contributed by atoms with E-state index in [-0.39, 0.29) is 24.9 Å². The molecule has 0 unspecified atom stereocenters. The number of hydrogen-bond acceptors (Lipinski definition) is 5. The molecule has 4 amide bonds. The summed E-state index contributed by atoms with van der Waals surface area (Å²) in [4.78, 5) is 40.5. The zero-order valence-corrected chi connectivity index (χ0v) is 16.9. The van der Waals surface area contributed by atoms with Gasteiger partial charge in [-0.1, -0.05) is 12.1 Å². The first-order valence-electron chi connectivity index (χ1n) is 9.41. The molecule has 0 saturated heterocycles. The van der Waals surface area contributed by atoms with Crippen molar-refractivity contribution in [1.29, 1.82) is 0 Å². The fourth-order valence-corrected chi connectivity index (χ4v) is 3.07. The number of nitrogens with zero attached hydrogens (tertiary/aromatic N) is 2. The first-order chi connectivity index (χ1) is 14.5. The summed E-state index contributed by atoms with van der Waals surface area (Å²) in [5.74, 6) is 0.0257. The zero-order chi connectivity index (χ0) is 21.5. The van der Waals surface area contributed by atoms with Gasteiger partial charge >= 0.3 is 6.03 Å². The van der Waals surface area contributed by atoms with E-state index >= 15 is 0 Å². The summed E-state index contributed by atoms with van der Waals surface area (Å²) in [6, 6.07) is 13.4. The van der Waals surface area contributed by atoms with E-state index in [1.54, 1.807) is 62.8 Å². The Morgan fingerprint density at radius 3 is 2.40 bits per heavy atom. The molecule has 2 aromatic carbocycles. The summed E-state index contributed by atoms with van der Waals surface area (Å²) < 4.78 is 10.0. The molecule has 0 fully saturated rings. The van der Waals surface area contributed by atoms with Gasteiger partial charge < -0.3 is 20.1 Å². The number of rotatable bonds is 7. The van der Waals surface area contributed by atoms with E-state index in [1.165, 1.54) is 9.80 Å². The summed E-state index contributed by atoms with van der Waals surface area (Å²) in [6.45, 7) is 0.433. The monoisotopic (exact) mass is 412 g/mol. The third-order valence-electron chi connectivity index (χ3n) is 4.57. The van der Waals surface area contributed by atoms with Crippen LogP contribution in [0.3, 0.4) is 0 Å². The minimum Gasteiger partial charge on any atom is -0.497 e. The standard InChI is InChI=1S/C21H24N4O5/c1-29-12-11-22-19(26)13-24-17-5-3-4-6-18(17)25(14-20(24)27)21(28)23-15-7-9-16(30-2)10-8-15/h3-10H,11-14H2,1-2H3,(H,22,26)(H,23,28). The van der Waals surface area contributed by atoms with Gasteiger partial charge in [0.15, 0.2) is 0 Å². The van der Waals surface area contributed by atoms with E-state index in [2.05, 4.69) is 10.6 Å².